The summed E-state index contributed by atoms with van der Waals surface area (Å²) in [5, 5.41) is 4.40. The van der Waals surface area contributed by atoms with Crippen molar-refractivity contribution in [2.75, 3.05) is 6.61 Å². The maximum absolute atomic E-state index is 14.8. The van der Waals surface area contributed by atoms with Gasteiger partial charge in [0.2, 0.25) is 5.82 Å². The number of hydrogen-bond donors (Lipinski definition) is 0. The number of nitrogens with zero attached hydrogens (tertiary/aromatic N) is 6. The Morgan fingerprint density at radius 3 is 2.55 bits per heavy atom. The molecule has 2 fully saturated rings. The molecule has 8 nitrogen and oxygen atoms in total. The molecule has 0 bridgehead atoms. The van der Waals surface area contributed by atoms with E-state index in [1.165, 1.54) is 0 Å². The quantitative estimate of drug-likeness (QED) is 0.349. The van der Waals surface area contributed by atoms with Gasteiger partial charge in [-0.05, 0) is 37.8 Å². The van der Waals surface area contributed by atoms with Gasteiger partial charge in [-0.25, -0.2) is 23.7 Å². The summed E-state index contributed by atoms with van der Waals surface area (Å²) in [5.41, 5.74) is -1.67. The van der Waals surface area contributed by atoms with Crippen LogP contribution in [-0.4, -0.2) is 35.9 Å². The van der Waals surface area contributed by atoms with Crippen LogP contribution in [0.25, 0.3) is 22.3 Å². The van der Waals surface area contributed by atoms with E-state index in [9.17, 15) is 26.7 Å². The zero-order valence-corrected chi connectivity index (χ0v) is 20.0. The number of halogens is 5. The maximum Gasteiger partial charge on any atom is 0.449 e. The Labute approximate surface area is 212 Å². The summed E-state index contributed by atoms with van der Waals surface area (Å²) < 4.78 is 77.6. The Bertz CT molecular complexity index is 1610. The third-order valence-corrected chi connectivity index (χ3v) is 6.95. The van der Waals surface area contributed by atoms with Crippen molar-refractivity contribution in [1.29, 1.82) is 0 Å². The Hall–Kier alpha value is -3.74. The average Bonchev–Trinajstić information content (AvgIpc) is 3.61. The highest BCUT2D eigenvalue weighted by Gasteiger charge is 2.38. The smallest absolute Gasteiger partial charge is 0.373 e. The van der Waals surface area contributed by atoms with Gasteiger partial charge in [-0.15, -0.1) is 0 Å². The number of fused-ring (bicyclic) bond motifs is 1. The first-order valence-corrected chi connectivity index (χ1v) is 12.1. The molecule has 1 saturated heterocycles. The first-order valence-electron chi connectivity index (χ1n) is 12.1. The van der Waals surface area contributed by atoms with E-state index in [0.29, 0.717) is 36.1 Å². The lowest BCUT2D eigenvalue weighted by Crippen LogP contribution is -2.29. The maximum atomic E-state index is 14.8. The van der Waals surface area contributed by atoms with E-state index in [1.54, 1.807) is 6.20 Å². The van der Waals surface area contributed by atoms with Gasteiger partial charge < -0.3 is 4.74 Å². The lowest BCUT2D eigenvalue weighted by molar-refractivity contribution is -0.147. The van der Waals surface area contributed by atoms with Crippen LogP contribution in [0.4, 0.5) is 22.0 Å². The van der Waals surface area contributed by atoms with Crippen molar-refractivity contribution in [3.05, 3.63) is 69.8 Å². The summed E-state index contributed by atoms with van der Waals surface area (Å²) >= 11 is 0. The number of hydrogen-bond acceptors (Lipinski definition) is 6. The summed E-state index contributed by atoms with van der Waals surface area (Å²) in [6.07, 6.45) is 1.41. The second-order valence-electron chi connectivity index (χ2n) is 9.61. The number of aromatic nitrogens is 6. The van der Waals surface area contributed by atoms with E-state index < -0.39 is 34.7 Å². The zero-order chi connectivity index (χ0) is 26.8. The molecule has 0 amide bonds. The fourth-order valence-electron chi connectivity index (χ4n) is 4.79. The van der Waals surface area contributed by atoms with Crippen molar-refractivity contribution in [3.8, 4) is 11.3 Å². The Balaban J connectivity index is 1.48. The van der Waals surface area contributed by atoms with Crippen LogP contribution in [0.3, 0.4) is 0 Å². The minimum absolute atomic E-state index is 0.151. The van der Waals surface area contributed by atoms with E-state index in [-0.39, 0.29) is 34.6 Å². The van der Waals surface area contributed by atoms with E-state index >= 15 is 0 Å². The second-order valence-corrected chi connectivity index (χ2v) is 9.61. The van der Waals surface area contributed by atoms with Crippen LogP contribution in [0.1, 0.15) is 61.0 Å². The summed E-state index contributed by atoms with van der Waals surface area (Å²) in [4.78, 5) is 25.5. The molecule has 0 unspecified atom stereocenters. The zero-order valence-electron chi connectivity index (χ0n) is 20.0. The molecule has 4 heterocycles. The highest BCUT2D eigenvalue weighted by Crippen LogP contribution is 2.40. The molecule has 1 aromatic carbocycles. The minimum Gasteiger partial charge on any atom is -0.373 e. The summed E-state index contributed by atoms with van der Waals surface area (Å²) in [7, 11) is 0.944. The van der Waals surface area contributed by atoms with Crippen LogP contribution in [0.2, 0.25) is 0 Å². The fourth-order valence-corrected chi connectivity index (χ4v) is 4.79. The SMILES string of the molecule is Cn1c(C(F)(F)F)nc2c(-c3ccc(F)cc3F)nc([C@@H]3CCO[C@H](c4cnn(C5CC5)c4)C3)nc2c1=O. The van der Waals surface area contributed by atoms with Crippen molar-refractivity contribution < 1.29 is 26.7 Å². The van der Waals surface area contributed by atoms with Gasteiger partial charge in [0.15, 0.2) is 5.52 Å². The Morgan fingerprint density at radius 2 is 1.84 bits per heavy atom. The molecule has 1 aliphatic carbocycles. The van der Waals surface area contributed by atoms with Gasteiger partial charge in [0.25, 0.3) is 5.56 Å². The van der Waals surface area contributed by atoms with Gasteiger partial charge in [0.05, 0.1) is 18.3 Å². The molecule has 13 heteroatoms. The second kappa shape index (κ2) is 8.93. The number of ether oxygens (including phenoxy) is 1. The molecule has 1 saturated carbocycles. The number of alkyl halides is 3. The van der Waals surface area contributed by atoms with Crippen LogP contribution in [0, 0.1) is 11.6 Å². The monoisotopic (exact) mass is 532 g/mol. The molecule has 3 aromatic heterocycles. The molecule has 198 valence electrons. The summed E-state index contributed by atoms with van der Waals surface area (Å²) in [6.45, 7) is 0.342. The normalized spacial score (nSPS) is 20.3. The molecule has 2 aliphatic rings. The van der Waals surface area contributed by atoms with Gasteiger partial charge in [-0.3, -0.25) is 14.0 Å². The standard InChI is InChI=1S/C25H21F5N6O2/c1-35-23(37)21-20(34-24(35)25(28,29)30)19(16-5-2-14(26)9-17(16)27)32-22(33-21)12-6-7-38-18(8-12)13-10-31-36(11-13)15-3-4-15/h2,5,9-12,15,18H,3-4,6-8H2,1H3/t12-,18+/m1/s1. The predicted molar refractivity (Wildman–Crippen MR) is 124 cm³/mol. The number of rotatable bonds is 4. The number of benzene rings is 1. The molecule has 1 aliphatic heterocycles. The van der Waals surface area contributed by atoms with Crippen LogP contribution < -0.4 is 5.56 Å². The lowest BCUT2D eigenvalue weighted by Gasteiger charge is -2.28. The molecular formula is C25H21F5N6O2. The van der Waals surface area contributed by atoms with E-state index in [0.717, 1.165) is 37.6 Å². The van der Waals surface area contributed by atoms with E-state index in [2.05, 4.69) is 20.1 Å². The average molecular weight is 532 g/mol. The lowest BCUT2D eigenvalue weighted by atomic mass is 9.92. The molecule has 0 N–H and O–H groups in total. The van der Waals surface area contributed by atoms with E-state index in [4.69, 9.17) is 4.74 Å². The van der Waals surface area contributed by atoms with Gasteiger partial charge >= 0.3 is 6.18 Å². The first-order chi connectivity index (χ1) is 18.1. The Kier molecular flexibility index (Phi) is 5.78. The van der Waals surface area contributed by atoms with Crippen molar-refractivity contribution in [2.24, 2.45) is 7.05 Å². The van der Waals surface area contributed by atoms with Crippen LogP contribution in [0.5, 0.6) is 0 Å². The molecule has 2 atom stereocenters. The van der Waals surface area contributed by atoms with Crippen molar-refractivity contribution in [3.63, 3.8) is 0 Å². The predicted octanol–water partition coefficient (Wildman–Crippen LogP) is 4.85. The topological polar surface area (TPSA) is 87.7 Å². The summed E-state index contributed by atoms with van der Waals surface area (Å²) in [5.74, 6) is -3.60. The molecule has 4 aromatic rings. The Morgan fingerprint density at radius 1 is 1.05 bits per heavy atom. The highest BCUT2D eigenvalue weighted by atomic mass is 19.4. The minimum atomic E-state index is -4.96. The molecular weight excluding hydrogens is 511 g/mol. The van der Waals surface area contributed by atoms with Gasteiger partial charge in [-0.2, -0.15) is 18.3 Å². The van der Waals surface area contributed by atoms with Crippen LogP contribution >= 0.6 is 0 Å². The van der Waals surface area contributed by atoms with Crippen LogP contribution in [-0.2, 0) is 18.0 Å². The van der Waals surface area contributed by atoms with Gasteiger partial charge in [0.1, 0.15) is 28.7 Å². The molecule has 0 spiro atoms. The molecule has 6 rings (SSSR count). The largest absolute Gasteiger partial charge is 0.449 e. The molecule has 0 radical (unpaired) electrons. The highest BCUT2D eigenvalue weighted by molar-refractivity contribution is 5.88. The molecule has 38 heavy (non-hydrogen) atoms. The third kappa shape index (κ3) is 4.34. The van der Waals surface area contributed by atoms with Crippen LogP contribution in [0.15, 0.2) is 35.4 Å². The van der Waals surface area contributed by atoms with Crippen molar-refractivity contribution >= 4 is 11.0 Å². The van der Waals surface area contributed by atoms with Gasteiger partial charge in [0, 0.05) is 43.0 Å². The van der Waals surface area contributed by atoms with Crippen molar-refractivity contribution in [1.82, 2.24) is 29.3 Å². The van der Waals surface area contributed by atoms with Gasteiger partial charge in [-0.1, -0.05) is 0 Å². The third-order valence-electron chi connectivity index (χ3n) is 6.95. The van der Waals surface area contributed by atoms with E-state index in [1.807, 2.05) is 10.9 Å². The van der Waals surface area contributed by atoms with Crippen molar-refractivity contribution in [2.45, 2.75) is 49.9 Å². The first kappa shape index (κ1) is 24.6. The summed E-state index contributed by atoms with van der Waals surface area (Å²) in [6, 6.07) is 3.00. The fraction of sp³-hybridized carbons (Fsp3) is 0.400.